The number of nitrogens with one attached hydrogen (secondary N) is 1. The molecule has 40 heavy (non-hydrogen) atoms. The first-order valence-electron chi connectivity index (χ1n) is 14.1. The molecule has 1 saturated heterocycles. The number of aryl methyl sites for hydroxylation is 1. The van der Waals surface area contributed by atoms with Gasteiger partial charge in [-0.3, -0.25) is 0 Å². The van der Waals surface area contributed by atoms with Gasteiger partial charge in [0, 0.05) is 11.6 Å². The van der Waals surface area contributed by atoms with Gasteiger partial charge in [-0.2, -0.15) is 0 Å². The van der Waals surface area contributed by atoms with Gasteiger partial charge >= 0.3 is 0 Å². The van der Waals surface area contributed by atoms with Crippen molar-refractivity contribution in [1.29, 1.82) is 0 Å². The summed E-state index contributed by atoms with van der Waals surface area (Å²) in [5, 5.41) is 1.35. The van der Waals surface area contributed by atoms with Crippen LogP contribution in [0.15, 0.2) is 36.8 Å². The van der Waals surface area contributed by atoms with E-state index in [0.29, 0.717) is 34.4 Å². The van der Waals surface area contributed by atoms with Crippen molar-refractivity contribution < 1.29 is 13.9 Å². The molecule has 2 aliphatic carbocycles. The molecule has 5 N–H and O–H groups in total. The number of halogens is 1. The number of hydrogen-bond acceptors (Lipinski definition) is 8. The van der Waals surface area contributed by atoms with Crippen LogP contribution in [0.4, 0.5) is 16.0 Å². The molecule has 2 saturated carbocycles. The summed E-state index contributed by atoms with van der Waals surface area (Å²) < 4.78 is 30.8. The second kappa shape index (κ2) is 9.09. The quantitative estimate of drug-likeness (QED) is 0.231. The highest BCUT2D eigenvalue weighted by Gasteiger charge is 2.61. The second-order valence-corrected chi connectivity index (χ2v) is 12.4. The van der Waals surface area contributed by atoms with Crippen molar-refractivity contribution in [3.05, 3.63) is 53.7 Å². The molecule has 0 bridgehead atoms. The lowest BCUT2D eigenvalue weighted by Crippen LogP contribution is -2.34. The van der Waals surface area contributed by atoms with Gasteiger partial charge in [-0.05, 0) is 99.1 Å². The zero-order valence-electron chi connectivity index (χ0n) is 23.3. The van der Waals surface area contributed by atoms with E-state index in [-0.39, 0.29) is 35.9 Å². The normalized spacial score (nSPS) is 28.3. The molecule has 1 aliphatic heterocycles. The predicted molar refractivity (Wildman–Crippen MR) is 152 cm³/mol. The van der Waals surface area contributed by atoms with Crippen LogP contribution in [0, 0.1) is 36.4 Å². The summed E-state index contributed by atoms with van der Waals surface area (Å²) in [6.07, 6.45) is 6.43. The van der Waals surface area contributed by atoms with Crippen molar-refractivity contribution in [2.45, 2.75) is 71.0 Å². The monoisotopic (exact) mass is 545 g/mol. The van der Waals surface area contributed by atoms with Gasteiger partial charge in [-0.15, -0.1) is 0 Å². The Labute approximate surface area is 232 Å². The maximum Gasteiger partial charge on any atom is 0.163 e. The molecule has 7 rings (SSSR count). The Balaban J connectivity index is 1.28. The Morgan fingerprint density at radius 2 is 1.93 bits per heavy atom. The summed E-state index contributed by atoms with van der Waals surface area (Å²) in [5.41, 5.74) is 12.0. The van der Waals surface area contributed by atoms with Crippen molar-refractivity contribution >= 4 is 33.6 Å². The Kier molecular flexibility index (Phi) is 5.82. The summed E-state index contributed by atoms with van der Waals surface area (Å²) in [7, 11) is 0. The van der Waals surface area contributed by atoms with E-state index in [1.807, 2.05) is 39.1 Å². The molecule has 9 nitrogen and oxygen atoms in total. The fourth-order valence-electron chi connectivity index (χ4n) is 7.55. The van der Waals surface area contributed by atoms with Gasteiger partial charge < -0.3 is 25.2 Å². The van der Waals surface area contributed by atoms with Gasteiger partial charge in [0.1, 0.15) is 35.5 Å². The Morgan fingerprint density at radius 3 is 2.67 bits per heavy atom. The van der Waals surface area contributed by atoms with Crippen LogP contribution in [0.5, 0.6) is 0 Å². The van der Waals surface area contributed by atoms with E-state index in [2.05, 4.69) is 31.9 Å². The highest BCUT2D eigenvalue weighted by molar-refractivity contribution is 5.86. The van der Waals surface area contributed by atoms with Gasteiger partial charge in [0.2, 0.25) is 0 Å². The maximum atomic E-state index is 15.4. The Morgan fingerprint density at radius 1 is 1.15 bits per heavy atom. The van der Waals surface area contributed by atoms with Crippen LogP contribution in [0.25, 0.3) is 21.9 Å². The molecule has 10 heteroatoms. The first-order chi connectivity index (χ1) is 19.1. The number of hydrazine groups is 1. The first-order valence-corrected chi connectivity index (χ1v) is 14.1. The third kappa shape index (κ3) is 4.03. The standard InChI is InChI=1S/C30H36FN7O2/c1-14-9-20-21(31)11-16(12-22(20)36-28(14)37-33)10-19(17-5-6-17)23-15(2)24(26-25(23)39-30(3,4)40-26)38-8-7-18-27(32)34-13-35-29(18)38/h7-9,11-13,15,17,19,23-26H,5-6,10,33H2,1-4H3,(H,36,37)(H2,32,34,35)/t15-,19?,23?,24?,25+,26-/m0/s1. The van der Waals surface area contributed by atoms with Gasteiger partial charge in [0.05, 0.1) is 23.0 Å². The van der Waals surface area contributed by atoms with E-state index in [1.165, 1.54) is 19.2 Å². The third-order valence-corrected chi connectivity index (χ3v) is 9.35. The number of nitrogen functional groups attached to an aromatic ring is 2. The van der Waals surface area contributed by atoms with E-state index in [1.54, 1.807) is 12.1 Å². The molecular weight excluding hydrogens is 509 g/mol. The summed E-state index contributed by atoms with van der Waals surface area (Å²) in [6.45, 7) is 8.13. The van der Waals surface area contributed by atoms with Crippen LogP contribution in [-0.2, 0) is 15.9 Å². The second-order valence-electron chi connectivity index (χ2n) is 12.4. The minimum atomic E-state index is -0.695. The first kappa shape index (κ1) is 25.6. The molecule has 3 unspecified atom stereocenters. The molecular formula is C30H36FN7O2. The fourth-order valence-corrected chi connectivity index (χ4v) is 7.55. The van der Waals surface area contributed by atoms with Crippen molar-refractivity contribution in [3.8, 4) is 0 Å². The van der Waals surface area contributed by atoms with Crippen molar-refractivity contribution in [2.75, 3.05) is 11.2 Å². The summed E-state index contributed by atoms with van der Waals surface area (Å²) >= 11 is 0. The number of ether oxygens (including phenoxy) is 2. The maximum absolute atomic E-state index is 15.4. The number of nitrogens with two attached hydrogens (primary N) is 2. The van der Waals surface area contributed by atoms with Gasteiger partial charge in [0.25, 0.3) is 0 Å². The SMILES string of the molecule is Cc1cc2c(F)cc(CC(C3CC3)C3[C@H](C)C(n4ccc5c(N)ncnc54)[C@@H]4OC(C)(C)O[C@H]34)cc2nc1NN. The van der Waals surface area contributed by atoms with Gasteiger partial charge in [-0.1, -0.05) is 6.92 Å². The zero-order valence-corrected chi connectivity index (χ0v) is 23.3. The van der Waals surface area contributed by atoms with E-state index >= 15 is 4.39 Å². The molecule has 4 heterocycles. The number of rotatable bonds is 6. The smallest absolute Gasteiger partial charge is 0.163 e. The molecule has 1 aromatic carbocycles. The van der Waals surface area contributed by atoms with Crippen LogP contribution < -0.4 is 17.0 Å². The van der Waals surface area contributed by atoms with E-state index in [0.717, 1.165) is 28.6 Å². The van der Waals surface area contributed by atoms with E-state index in [9.17, 15) is 0 Å². The number of anilines is 2. The molecule has 3 aliphatic rings. The Bertz CT molecular complexity index is 1620. The summed E-state index contributed by atoms with van der Waals surface area (Å²) in [6, 6.07) is 7.49. The number of benzene rings is 1. The highest BCUT2D eigenvalue weighted by Crippen LogP contribution is 2.57. The van der Waals surface area contributed by atoms with E-state index in [4.69, 9.17) is 21.1 Å². The van der Waals surface area contributed by atoms with Crippen LogP contribution in [0.3, 0.4) is 0 Å². The lowest BCUT2D eigenvalue weighted by molar-refractivity contribution is -0.168. The number of fused-ring (bicyclic) bond motifs is 3. The molecule has 6 atom stereocenters. The lowest BCUT2D eigenvalue weighted by atomic mass is 9.76. The predicted octanol–water partition coefficient (Wildman–Crippen LogP) is 4.89. The molecule has 0 spiro atoms. The van der Waals surface area contributed by atoms with Crippen molar-refractivity contribution in [1.82, 2.24) is 19.5 Å². The number of hydrogen-bond donors (Lipinski definition) is 3. The van der Waals surface area contributed by atoms with Crippen molar-refractivity contribution in [2.24, 2.45) is 29.5 Å². The summed E-state index contributed by atoms with van der Waals surface area (Å²) in [5.74, 6) is 7.04. The molecule has 210 valence electrons. The van der Waals surface area contributed by atoms with Gasteiger partial charge in [0.15, 0.2) is 5.79 Å². The number of pyridine rings is 1. The lowest BCUT2D eigenvalue weighted by Gasteiger charge is -2.34. The number of aromatic nitrogens is 4. The average Bonchev–Trinajstić information content (AvgIpc) is 3.52. The van der Waals surface area contributed by atoms with Crippen molar-refractivity contribution in [3.63, 3.8) is 0 Å². The Hall–Kier alpha value is -3.34. The summed E-state index contributed by atoms with van der Waals surface area (Å²) in [4.78, 5) is 13.4. The molecule has 0 radical (unpaired) electrons. The average molecular weight is 546 g/mol. The number of nitrogens with zero attached hydrogens (tertiary/aromatic N) is 4. The van der Waals surface area contributed by atoms with Crippen LogP contribution >= 0.6 is 0 Å². The third-order valence-electron chi connectivity index (χ3n) is 9.35. The minimum Gasteiger partial charge on any atom is -0.383 e. The topological polar surface area (TPSA) is 126 Å². The van der Waals surface area contributed by atoms with Crippen LogP contribution in [0.1, 0.15) is 50.8 Å². The van der Waals surface area contributed by atoms with Crippen LogP contribution in [-0.4, -0.2) is 37.5 Å². The van der Waals surface area contributed by atoms with E-state index < -0.39 is 5.79 Å². The van der Waals surface area contributed by atoms with Crippen LogP contribution in [0.2, 0.25) is 0 Å². The molecule has 3 aromatic heterocycles. The zero-order chi connectivity index (χ0) is 27.9. The highest BCUT2D eigenvalue weighted by atomic mass is 19.1. The van der Waals surface area contributed by atoms with Gasteiger partial charge in [-0.25, -0.2) is 25.2 Å². The molecule has 4 aromatic rings. The molecule has 3 fully saturated rings. The largest absolute Gasteiger partial charge is 0.383 e. The minimum absolute atomic E-state index is 0.0148. The molecule has 0 amide bonds. The fraction of sp³-hybridized carbons (Fsp3) is 0.500.